The lowest BCUT2D eigenvalue weighted by Gasteiger charge is -2.32. The van der Waals surface area contributed by atoms with E-state index in [1.54, 1.807) is 17.3 Å². The minimum absolute atomic E-state index is 0.118. The van der Waals surface area contributed by atoms with Crippen molar-refractivity contribution in [2.45, 2.75) is 6.10 Å². The normalized spacial score (nSPS) is 16.4. The molecule has 1 saturated heterocycles. The number of hydrogen-bond acceptors (Lipinski definition) is 6. The third-order valence-electron chi connectivity index (χ3n) is 4.55. The van der Waals surface area contributed by atoms with Crippen LogP contribution in [0.2, 0.25) is 0 Å². The van der Waals surface area contributed by atoms with Gasteiger partial charge in [-0.3, -0.25) is 4.79 Å². The lowest BCUT2D eigenvalue weighted by Crippen LogP contribution is -2.44. The fraction of sp³-hybridized carbons (Fsp3) is 0.238. The van der Waals surface area contributed by atoms with Crippen molar-refractivity contribution >= 4 is 5.91 Å². The van der Waals surface area contributed by atoms with Gasteiger partial charge < -0.3 is 14.4 Å². The minimum atomic E-state index is -0.350. The van der Waals surface area contributed by atoms with E-state index in [-0.39, 0.29) is 24.4 Å². The van der Waals surface area contributed by atoms with Gasteiger partial charge in [-0.1, -0.05) is 6.07 Å². The summed E-state index contributed by atoms with van der Waals surface area (Å²) in [4.78, 5) is 26.9. The Labute approximate surface area is 167 Å². The summed E-state index contributed by atoms with van der Waals surface area (Å²) < 4.78 is 24.3. The molecule has 0 aliphatic carbocycles. The van der Waals surface area contributed by atoms with E-state index in [0.29, 0.717) is 25.4 Å². The van der Waals surface area contributed by atoms with Gasteiger partial charge in [0.25, 0.3) is 5.91 Å². The number of amides is 1. The molecule has 0 radical (unpaired) electrons. The lowest BCUT2D eigenvalue weighted by atomic mass is 10.1. The first-order valence-corrected chi connectivity index (χ1v) is 9.19. The van der Waals surface area contributed by atoms with Crippen LogP contribution in [0.15, 0.2) is 61.2 Å². The van der Waals surface area contributed by atoms with Crippen molar-refractivity contribution in [1.82, 2.24) is 19.9 Å². The molecule has 3 heterocycles. The van der Waals surface area contributed by atoms with Gasteiger partial charge in [0.1, 0.15) is 24.0 Å². The van der Waals surface area contributed by atoms with Gasteiger partial charge in [-0.25, -0.2) is 19.3 Å². The molecular weight excluding hydrogens is 375 g/mol. The second kappa shape index (κ2) is 8.74. The molecule has 0 saturated carbocycles. The number of benzene rings is 1. The molecule has 1 aliphatic rings. The van der Waals surface area contributed by atoms with Gasteiger partial charge in [-0.15, -0.1) is 0 Å². The number of morpholine rings is 1. The summed E-state index contributed by atoms with van der Waals surface area (Å²) >= 11 is 0. The van der Waals surface area contributed by atoms with Crippen LogP contribution in [0.25, 0.3) is 11.3 Å². The van der Waals surface area contributed by atoms with Gasteiger partial charge in [0.15, 0.2) is 6.61 Å². The maximum Gasteiger partial charge on any atom is 0.260 e. The largest absolute Gasteiger partial charge is 0.484 e. The summed E-state index contributed by atoms with van der Waals surface area (Å²) in [6, 6.07) is 11.2. The number of nitrogens with zero attached hydrogens (tertiary/aromatic N) is 4. The zero-order valence-electron chi connectivity index (χ0n) is 15.6. The van der Waals surface area contributed by atoms with E-state index in [9.17, 15) is 9.18 Å². The molecule has 0 N–H and O–H groups in total. The Morgan fingerprint density at radius 3 is 2.76 bits per heavy atom. The summed E-state index contributed by atoms with van der Waals surface area (Å²) in [5.74, 6) is -0.0595. The molecule has 8 heteroatoms. The molecule has 3 aromatic rings. The van der Waals surface area contributed by atoms with E-state index in [4.69, 9.17) is 9.47 Å². The first-order valence-electron chi connectivity index (χ1n) is 9.19. The van der Waals surface area contributed by atoms with Gasteiger partial charge in [0.05, 0.1) is 24.5 Å². The fourth-order valence-corrected chi connectivity index (χ4v) is 3.04. The van der Waals surface area contributed by atoms with Crippen molar-refractivity contribution in [1.29, 1.82) is 0 Å². The quantitative estimate of drug-likeness (QED) is 0.662. The van der Waals surface area contributed by atoms with Crippen LogP contribution in [-0.2, 0) is 9.53 Å². The zero-order valence-corrected chi connectivity index (χ0v) is 15.6. The second-order valence-corrected chi connectivity index (χ2v) is 6.52. The molecule has 1 aliphatic heterocycles. The SMILES string of the molecule is O=C(COc1ccc(F)cc1)N1CCOC(c2cccc(-c3cncnc3)n2)C1. The van der Waals surface area contributed by atoms with Crippen LogP contribution in [0.4, 0.5) is 4.39 Å². The van der Waals surface area contributed by atoms with Gasteiger partial charge in [-0.05, 0) is 36.4 Å². The van der Waals surface area contributed by atoms with Crippen molar-refractivity contribution in [3.63, 3.8) is 0 Å². The standard InChI is InChI=1S/C21H19FN4O3/c22-16-4-6-17(7-5-16)29-13-21(27)26-8-9-28-20(12-26)19-3-1-2-18(25-19)15-10-23-14-24-11-15/h1-7,10-11,14,20H,8-9,12-13H2. The van der Waals surface area contributed by atoms with Gasteiger partial charge >= 0.3 is 0 Å². The highest BCUT2D eigenvalue weighted by molar-refractivity contribution is 5.78. The van der Waals surface area contributed by atoms with Crippen LogP contribution in [0.3, 0.4) is 0 Å². The Morgan fingerprint density at radius 1 is 1.17 bits per heavy atom. The molecule has 1 atom stereocenters. The Morgan fingerprint density at radius 2 is 1.97 bits per heavy atom. The van der Waals surface area contributed by atoms with Crippen LogP contribution in [0, 0.1) is 5.82 Å². The van der Waals surface area contributed by atoms with E-state index >= 15 is 0 Å². The maximum atomic E-state index is 13.0. The van der Waals surface area contributed by atoms with E-state index in [2.05, 4.69) is 15.0 Å². The van der Waals surface area contributed by atoms with Crippen LogP contribution in [-0.4, -0.2) is 52.1 Å². The number of carbonyl (C=O) groups excluding carboxylic acids is 1. The third-order valence-corrected chi connectivity index (χ3v) is 4.55. The number of rotatable bonds is 5. The first kappa shape index (κ1) is 18.9. The Kier molecular flexibility index (Phi) is 5.71. The van der Waals surface area contributed by atoms with Crippen LogP contribution in [0.5, 0.6) is 5.75 Å². The second-order valence-electron chi connectivity index (χ2n) is 6.52. The van der Waals surface area contributed by atoms with E-state index in [1.807, 2.05) is 18.2 Å². The third kappa shape index (κ3) is 4.72. The van der Waals surface area contributed by atoms with Crippen molar-refractivity contribution in [2.75, 3.05) is 26.3 Å². The molecule has 0 spiro atoms. The van der Waals surface area contributed by atoms with Crippen LogP contribution >= 0.6 is 0 Å². The van der Waals surface area contributed by atoms with Crippen molar-refractivity contribution in [2.24, 2.45) is 0 Å². The highest BCUT2D eigenvalue weighted by Gasteiger charge is 2.26. The zero-order chi connectivity index (χ0) is 20.1. The van der Waals surface area contributed by atoms with E-state index < -0.39 is 0 Å². The van der Waals surface area contributed by atoms with Crippen molar-refractivity contribution < 1.29 is 18.7 Å². The number of aromatic nitrogens is 3. The molecule has 29 heavy (non-hydrogen) atoms. The predicted molar refractivity (Wildman–Crippen MR) is 102 cm³/mol. The highest BCUT2D eigenvalue weighted by atomic mass is 19.1. The van der Waals surface area contributed by atoms with Crippen molar-refractivity contribution in [3.8, 4) is 17.0 Å². The van der Waals surface area contributed by atoms with Gasteiger partial charge in [-0.2, -0.15) is 0 Å². The molecular formula is C21H19FN4O3. The number of halogens is 1. The Bertz CT molecular complexity index is 969. The summed E-state index contributed by atoms with van der Waals surface area (Å²) in [6.07, 6.45) is 4.53. The van der Waals surface area contributed by atoms with Crippen LogP contribution < -0.4 is 4.74 Å². The number of ether oxygens (including phenoxy) is 2. The topological polar surface area (TPSA) is 77.4 Å². The highest BCUT2D eigenvalue weighted by Crippen LogP contribution is 2.24. The molecule has 7 nitrogen and oxygen atoms in total. The summed E-state index contributed by atoms with van der Waals surface area (Å²) in [7, 11) is 0. The monoisotopic (exact) mass is 394 g/mol. The fourth-order valence-electron chi connectivity index (χ4n) is 3.04. The van der Waals surface area contributed by atoms with Crippen molar-refractivity contribution in [3.05, 3.63) is 72.7 Å². The smallest absolute Gasteiger partial charge is 0.260 e. The van der Waals surface area contributed by atoms with Gasteiger partial charge in [0, 0.05) is 24.5 Å². The first-order chi connectivity index (χ1) is 14.2. The van der Waals surface area contributed by atoms with Gasteiger partial charge in [0.2, 0.25) is 0 Å². The lowest BCUT2D eigenvalue weighted by molar-refractivity contribution is -0.141. The van der Waals surface area contributed by atoms with Crippen LogP contribution in [0.1, 0.15) is 11.8 Å². The minimum Gasteiger partial charge on any atom is -0.484 e. The Balaban J connectivity index is 1.40. The molecule has 0 bridgehead atoms. The molecule has 1 unspecified atom stereocenters. The average molecular weight is 394 g/mol. The number of carbonyl (C=O) groups is 1. The molecule has 4 rings (SSSR count). The number of pyridine rings is 1. The van der Waals surface area contributed by atoms with E-state index in [1.165, 1.54) is 30.6 Å². The summed E-state index contributed by atoms with van der Waals surface area (Å²) in [5, 5.41) is 0. The van der Waals surface area contributed by atoms with E-state index in [0.717, 1.165) is 17.0 Å². The Hall–Kier alpha value is -3.39. The average Bonchev–Trinajstić information content (AvgIpc) is 2.79. The predicted octanol–water partition coefficient (Wildman–Crippen LogP) is 2.66. The molecule has 1 amide bonds. The molecule has 1 fully saturated rings. The maximum absolute atomic E-state index is 13.0. The summed E-state index contributed by atoms with van der Waals surface area (Å²) in [6.45, 7) is 1.15. The summed E-state index contributed by atoms with van der Waals surface area (Å²) in [5.41, 5.74) is 2.30. The number of hydrogen-bond donors (Lipinski definition) is 0. The molecule has 2 aromatic heterocycles. The molecule has 1 aromatic carbocycles. The molecule has 148 valence electrons.